The van der Waals surface area contributed by atoms with E-state index in [0.29, 0.717) is 22.2 Å². The van der Waals surface area contributed by atoms with Crippen molar-refractivity contribution in [1.82, 2.24) is 15.6 Å². The number of hydrogen-bond donors (Lipinski definition) is 2. The van der Waals surface area contributed by atoms with Crippen LogP contribution in [-0.4, -0.2) is 30.5 Å². The van der Waals surface area contributed by atoms with E-state index in [2.05, 4.69) is 15.6 Å². The zero-order chi connectivity index (χ0) is 17.0. The van der Waals surface area contributed by atoms with Gasteiger partial charge in [0.15, 0.2) is 0 Å². The molecule has 1 aromatic carbocycles. The molecule has 0 atom stereocenters. The first-order chi connectivity index (χ1) is 11.6. The van der Waals surface area contributed by atoms with Gasteiger partial charge in [0.2, 0.25) is 0 Å². The van der Waals surface area contributed by atoms with Crippen molar-refractivity contribution >= 4 is 29.1 Å². The maximum Gasteiger partial charge on any atom is 0.252 e. The topological polar surface area (TPSA) is 54.0 Å². The molecule has 0 spiro atoms. The molecule has 1 saturated heterocycles. The van der Waals surface area contributed by atoms with Gasteiger partial charge < -0.3 is 10.6 Å². The molecule has 2 heterocycles. The molecule has 1 aliphatic rings. The zero-order valence-electron chi connectivity index (χ0n) is 13.2. The molecule has 4 nitrogen and oxygen atoms in total. The Labute approximate surface area is 151 Å². The van der Waals surface area contributed by atoms with E-state index >= 15 is 0 Å². The van der Waals surface area contributed by atoms with Crippen LogP contribution >= 0.6 is 23.2 Å². The van der Waals surface area contributed by atoms with Gasteiger partial charge in [-0.15, -0.1) is 0 Å². The fourth-order valence-corrected chi connectivity index (χ4v) is 3.62. The van der Waals surface area contributed by atoms with Crippen LogP contribution in [0.1, 0.15) is 28.9 Å². The minimum atomic E-state index is -0.189. The minimum Gasteiger partial charge on any atom is -0.351 e. The smallest absolute Gasteiger partial charge is 0.252 e. The maximum atomic E-state index is 12.5. The highest BCUT2D eigenvalue weighted by atomic mass is 35.5. The zero-order valence-corrected chi connectivity index (χ0v) is 14.7. The predicted octanol–water partition coefficient (Wildman–Crippen LogP) is 3.44. The molecule has 3 rings (SSSR count). The molecule has 0 unspecified atom stereocenters. The van der Waals surface area contributed by atoms with Crippen molar-refractivity contribution in [2.24, 2.45) is 0 Å². The van der Waals surface area contributed by atoms with Crippen LogP contribution in [0.4, 0.5) is 0 Å². The number of aromatic nitrogens is 1. The molecule has 126 valence electrons. The molecule has 6 heteroatoms. The molecule has 0 aliphatic carbocycles. The van der Waals surface area contributed by atoms with Gasteiger partial charge in [0, 0.05) is 28.9 Å². The molecule has 2 aromatic rings. The second kappa shape index (κ2) is 7.51. The average Bonchev–Trinajstić information content (AvgIpc) is 2.61. The molecule has 0 bridgehead atoms. The molecule has 2 N–H and O–H groups in total. The Bertz CT molecular complexity index is 715. The van der Waals surface area contributed by atoms with Crippen LogP contribution in [0.3, 0.4) is 0 Å². The van der Waals surface area contributed by atoms with Gasteiger partial charge in [-0.25, -0.2) is 0 Å². The van der Waals surface area contributed by atoms with E-state index < -0.39 is 0 Å². The van der Waals surface area contributed by atoms with Gasteiger partial charge in [0.05, 0.1) is 10.6 Å². The van der Waals surface area contributed by atoms with Gasteiger partial charge in [0.25, 0.3) is 5.91 Å². The van der Waals surface area contributed by atoms with Crippen LogP contribution in [0.2, 0.25) is 10.0 Å². The number of hydrogen-bond acceptors (Lipinski definition) is 3. The van der Waals surface area contributed by atoms with Crippen LogP contribution in [-0.2, 0) is 5.41 Å². The summed E-state index contributed by atoms with van der Waals surface area (Å²) in [5.41, 5.74) is 1.31. The van der Waals surface area contributed by atoms with Gasteiger partial charge in [0.1, 0.15) is 0 Å². The number of nitrogens with one attached hydrogen (secondary N) is 2. The Balaban J connectivity index is 1.78. The lowest BCUT2D eigenvalue weighted by molar-refractivity contribution is 0.0937. The summed E-state index contributed by atoms with van der Waals surface area (Å²) in [4.78, 5) is 17.1. The first-order valence-corrected chi connectivity index (χ1v) is 8.72. The van der Waals surface area contributed by atoms with Crippen LogP contribution in [0, 0.1) is 0 Å². The summed E-state index contributed by atoms with van der Waals surface area (Å²) in [5, 5.41) is 7.27. The van der Waals surface area contributed by atoms with E-state index in [9.17, 15) is 4.79 Å². The third-order valence-corrected chi connectivity index (χ3v) is 5.08. The predicted molar refractivity (Wildman–Crippen MR) is 96.8 cm³/mol. The van der Waals surface area contributed by atoms with Gasteiger partial charge in [-0.2, -0.15) is 0 Å². The molecule has 0 radical (unpaired) electrons. The summed E-state index contributed by atoms with van der Waals surface area (Å²) in [6.45, 7) is 2.35. The van der Waals surface area contributed by atoms with Crippen LogP contribution in [0.15, 0.2) is 42.6 Å². The average molecular weight is 364 g/mol. The Morgan fingerprint density at radius 1 is 1.21 bits per heavy atom. The number of rotatable bonds is 4. The normalized spacial score (nSPS) is 16.6. The van der Waals surface area contributed by atoms with Crippen LogP contribution in [0.25, 0.3) is 0 Å². The van der Waals surface area contributed by atoms with Crippen LogP contribution in [0.5, 0.6) is 0 Å². The van der Waals surface area contributed by atoms with Crippen molar-refractivity contribution < 1.29 is 4.79 Å². The highest BCUT2D eigenvalue weighted by Crippen LogP contribution is 2.31. The molecule has 1 fully saturated rings. The molecule has 1 amide bonds. The van der Waals surface area contributed by atoms with Crippen molar-refractivity contribution in [3.05, 3.63) is 63.9 Å². The molecular weight excluding hydrogens is 345 g/mol. The van der Waals surface area contributed by atoms with Gasteiger partial charge in [-0.3, -0.25) is 9.78 Å². The van der Waals surface area contributed by atoms with E-state index in [0.717, 1.165) is 31.6 Å². The van der Waals surface area contributed by atoms with Crippen molar-refractivity contribution in [3.8, 4) is 0 Å². The first-order valence-electron chi connectivity index (χ1n) is 7.96. The number of nitrogens with zero attached hydrogens (tertiary/aromatic N) is 1. The lowest BCUT2D eigenvalue weighted by atomic mass is 9.75. The molecular formula is C18H19Cl2N3O. The number of halogens is 2. The third kappa shape index (κ3) is 3.72. The first kappa shape index (κ1) is 17.2. The Morgan fingerprint density at radius 2 is 2.00 bits per heavy atom. The highest BCUT2D eigenvalue weighted by Gasteiger charge is 2.35. The van der Waals surface area contributed by atoms with Crippen molar-refractivity contribution in [1.29, 1.82) is 0 Å². The van der Waals surface area contributed by atoms with E-state index in [-0.39, 0.29) is 11.3 Å². The fourth-order valence-electron chi connectivity index (χ4n) is 3.12. The molecule has 1 aromatic heterocycles. The van der Waals surface area contributed by atoms with Crippen molar-refractivity contribution in [2.75, 3.05) is 19.6 Å². The number of amides is 1. The summed E-state index contributed by atoms with van der Waals surface area (Å²) in [6.07, 6.45) is 3.66. The summed E-state index contributed by atoms with van der Waals surface area (Å²) >= 11 is 12.0. The highest BCUT2D eigenvalue weighted by molar-refractivity contribution is 6.36. The number of benzene rings is 1. The largest absolute Gasteiger partial charge is 0.351 e. The summed E-state index contributed by atoms with van der Waals surface area (Å²) in [6, 6.07) is 10.8. The Kier molecular flexibility index (Phi) is 5.39. The van der Waals surface area contributed by atoms with Gasteiger partial charge in [-0.05, 0) is 56.3 Å². The standard InChI is InChI=1S/C18H19Cl2N3O/c19-13-4-5-14(15(20)11-13)17(24)23-12-18(6-9-21-10-7-18)16-3-1-2-8-22-16/h1-5,8,11,21H,6-7,9-10,12H2,(H,23,24). The van der Waals surface area contributed by atoms with Gasteiger partial charge >= 0.3 is 0 Å². The monoisotopic (exact) mass is 363 g/mol. The number of carbonyl (C=O) groups is 1. The second-order valence-corrected chi connectivity index (χ2v) is 6.90. The van der Waals surface area contributed by atoms with E-state index in [4.69, 9.17) is 23.2 Å². The quantitative estimate of drug-likeness (QED) is 0.874. The lowest BCUT2D eigenvalue weighted by Crippen LogP contribution is -2.48. The molecule has 24 heavy (non-hydrogen) atoms. The summed E-state index contributed by atoms with van der Waals surface area (Å²) in [5.74, 6) is -0.189. The van der Waals surface area contributed by atoms with E-state index in [1.54, 1.807) is 24.4 Å². The van der Waals surface area contributed by atoms with Gasteiger partial charge in [-0.1, -0.05) is 29.3 Å². The number of piperidine rings is 1. The molecule has 1 aliphatic heterocycles. The fraction of sp³-hybridized carbons (Fsp3) is 0.333. The van der Waals surface area contributed by atoms with E-state index in [1.165, 1.54) is 0 Å². The minimum absolute atomic E-state index is 0.152. The SMILES string of the molecule is O=C(NCC1(c2ccccn2)CCNCC1)c1ccc(Cl)cc1Cl. The number of carbonyl (C=O) groups excluding carboxylic acids is 1. The maximum absolute atomic E-state index is 12.5. The summed E-state index contributed by atoms with van der Waals surface area (Å²) < 4.78 is 0. The van der Waals surface area contributed by atoms with Crippen molar-refractivity contribution in [2.45, 2.75) is 18.3 Å². The van der Waals surface area contributed by atoms with E-state index in [1.807, 2.05) is 18.2 Å². The lowest BCUT2D eigenvalue weighted by Gasteiger charge is -2.37. The third-order valence-electron chi connectivity index (χ3n) is 4.53. The second-order valence-electron chi connectivity index (χ2n) is 6.05. The van der Waals surface area contributed by atoms with Crippen molar-refractivity contribution in [3.63, 3.8) is 0 Å². The molecule has 0 saturated carbocycles. The Hall–Kier alpha value is -1.62. The number of pyridine rings is 1. The van der Waals surface area contributed by atoms with Crippen LogP contribution < -0.4 is 10.6 Å². The summed E-state index contributed by atoms with van der Waals surface area (Å²) in [7, 11) is 0. The Morgan fingerprint density at radius 3 is 2.67 bits per heavy atom.